The second-order valence-corrected chi connectivity index (χ2v) is 17.2. The van der Waals surface area contributed by atoms with E-state index >= 15 is 0 Å². The molecular formula is C35H38N2O3S4. The van der Waals surface area contributed by atoms with Crippen LogP contribution >= 0.6 is 34.4 Å². The first-order chi connectivity index (χ1) is 20.9. The number of fused-ring (bicyclic) bond motifs is 2. The van der Waals surface area contributed by atoms with Crippen molar-refractivity contribution in [3.8, 4) is 10.4 Å². The molecule has 1 aliphatic carbocycles. The van der Waals surface area contributed by atoms with Crippen LogP contribution < -0.4 is 9.47 Å². The number of aromatic nitrogens is 1. The molecule has 3 heterocycles. The molecule has 0 N–H and O–H groups in total. The van der Waals surface area contributed by atoms with E-state index < -0.39 is 10.1 Å². The van der Waals surface area contributed by atoms with E-state index in [1.54, 1.807) is 22.7 Å². The topological polar surface area (TPSA) is 64.3 Å². The number of nitrogens with zero attached hydrogens (tertiary/aromatic N) is 2. The van der Waals surface area contributed by atoms with Gasteiger partial charge in [-0.3, -0.25) is 0 Å². The monoisotopic (exact) mass is 662 g/mol. The van der Waals surface area contributed by atoms with Gasteiger partial charge in [-0.15, -0.1) is 11.3 Å². The van der Waals surface area contributed by atoms with Gasteiger partial charge in [0.05, 0.1) is 20.8 Å². The molecule has 0 fully saturated rings. The Morgan fingerprint density at radius 1 is 1.07 bits per heavy atom. The molecule has 2 aliphatic rings. The lowest BCUT2D eigenvalue weighted by Gasteiger charge is -2.31. The Labute approximate surface area is 273 Å². The summed E-state index contributed by atoms with van der Waals surface area (Å²) in [4.78, 5) is 4.94. The lowest BCUT2D eigenvalue weighted by Crippen LogP contribution is -2.36. The van der Waals surface area contributed by atoms with Crippen molar-refractivity contribution < 1.29 is 17.5 Å². The molecule has 0 radical (unpaired) electrons. The fraction of sp³-hybridized carbons (Fsp3) is 0.343. The van der Waals surface area contributed by atoms with E-state index in [1.807, 2.05) is 11.8 Å². The maximum atomic E-state index is 11.4. The van der Waals surface area contributed by atoms with Gasteiger partial charge in [0.15, 0.2) is 6.54 Å². The van der Waals surface area contributed by atoms with Gasteiger partial charge >= 0.3 is 0 Å². The molecule has 0 atom stereocenters. The molecule has 1 aliphatic heterocycles. The van der Waals surface area contributed by atoms with Crippen molar-refractivity contribution in [2.75, 3.05) is 17.2 Å². The molecule has 9 heteroatoms. The van der Waals surface area contributed by atoms with E-state index in [9.17, 15) is 13.0 Å². The van der Waals surface area contributed by atoms with Gasteiger partial charge in [-0.2, -0.15) is 4.57 Å². The molecule has 230 valence electrons. The number of thiophene rings is 1. The summed E-state index contributed by atoms with van der Waals surface area (Å²) in [6.07, 6.45) is 9.23. The summed E-state index contributed by atoms with van der Waals surface area (Å²) in [6, 6.07) is 15.3. The van der Waals surface area contributed by atoms with Gasteiger partial charge in [-0.1, -0.05) is 55.2 Å². The summed E-state index contributed by atoms with van der Waals surface area (Å²) in [7, 11) is -4.28. The van der Waals surface area contributed by atoms with Gasteiger partial charge < -0.3 is 9.45 Å². The van der Waals surface area contributed by atoms with Crippen LogP contribution in [0.2, 0.25) is 0 Å². The highest BCUT2D eigenvalue weighted by atomic mass is 32.2. The zero-order valence-electron chi connectivity index (χ0n) is 25.8. The molecular weight excluding hydrogens is 625 g/mol. The number of thioether (sulfide) groups is 1. The fourth-order valence-corrected chi connectivity index (χ4v) is 9.87. The standard InChI is InChI=1S/C35H38N2O3S4/c1-6-36-28-15-23(2)24(3)16-32(28)43-33(36)18-25-17-26(22-35(4,5)21-25)19-34-37(12-8-14-44(38,39)40)29-20-27(10-11-31(29)42-34)30-9-7-13-41-30/h7,9-11,13,15-20H,6,8,12,14,21-22H2,1-5H3. The smallest absolute Gasteiger partial charge is 0.263 e. The van der Waals surface area contributed by atoms with E-state index in [-0.39, 0.29) is 17.6 Å². The van der Waals surface area contributed by atoms with Crippen molar-refractivity contribution in [2.24, 2.45) is 5.41 Å². The summed E-state index contributed by atoms with van der Waals surface area (Å²) in [5.41, 5.74) is 8.83. The van der Waals surface area contributed by atoms with Gasteiger partial charge in [0.2, 0.25) is 5.52 Å². The third-order valence-corrected chi connectivity index (χ3v) is 12.2. The van der Waals surface area contributed by atoms with Gasteiger partial charge in [0.1, 0.15) is 4.70 Å². The van der Waals surface area contributed by atoms with Gasteiger partial charge in [-0.05, 0) is 103 Å². The van der Waals surface area contributed by atoms with Crippen LogP contribution in [0.5, 0.6) is 0 Å². The number of rotatable bonds is 8. The number of allylic oxidation sites excluding steroid dienone is 4. The number of thiazole rings is 1. The predicted molar refractivity (Wildman–Crippen MR) is 186 cm³/mol. The Hall–Kier alpha value is -2.69. The zero-order valence-corrected chi connectivity index (χ0v) is 29.1. The van der Waals surface area contributed by atoms with Crippen molar-refractivity contribution in [1.82, 2.24) is 0 Å². The lowest BCUT2D eigenvalue weighted by atomic mass is 9.75. The number of anilines is 1. The number of hydrogen-bond acceptors (Lipinski definition) is 7. The van der Waals surface area contributed by atoms with Crippen LogP contribution in [-0.2, 0) is 16.7 Å². The second kappa shape index (κ2) is 12.2. The molecule has 5 nitrogen and oxygen atoms in total. The van der Waals surface area contributed by atoms with E-state index in [2.05, 4.69) is 110 Å². The van der Waals surface area contributed by atoms with Crippen LogP contribution in [0.3, 0.4) is 0 Å². The maximum Gasteiger partial charge on any atom is 0.263 e. The minimum absolute atomic E-state index is 0.0950. The van der Waals surface area contributed by atoms with E-state index in [4.69, 9.17) is 0 Å². The molecule has 0 amide bonds. The first-order valence-corrected chi connectivity index (χ1v) is 19.1. The third-order valence-electron chi connectivity index (χ3n) is 8.33. The molecule has 0 saturated heterocycles. The van der Waals surface area contributed by atoms with E-state index in [0.717, 1.165) is 40.2 Å². The Morgan fingerprint density at radius 3 is 2.59 bits per heavy atom. The molecule has 0 bridgehead atoms. The van der Waals surface area contributed by atoms with E-state index in [0.29, 0.717) is 6.54 Å². The lowest BCUT2D eigenvalue weighted by molar-refractivity contribution is -0.668. The SMILES string of the molecule is CCN1/C(=C/C2=CC(=C/c3sc4ccc(-c5cccs5)cc4[n+]3CCCS(=O)(=O)[O-])/CC(C)(C)C2)Sc2cc(C)c(C)cc21. The summed E-state index contributed by atoms with van der Waals surface area (Å²) in [5, 5.41) is 4.42. The predicted octanol–water partition coefficient (Wildman–Crippen LogP) is 9.07. The Kier molecular flexibility index (Phi) is 8.71. The summed E-state index contributed by atoms with van der Waals surface area (Å²) >= 11 is 5.28. The van der Waals surface area contributed by atoms with Crippen molar-refractivity contribution in [3.05, 3.63) is 92.3 Å². The summed E-state index contributed by atoms with van der Waals surface area (Å²) in [6.45, 7) is 12.6. The molecule has 2 aromatic heterocycles. The Morgan fingerprint density at radius 2 is 1.86 bits per heavy atom. The third kappa shape index (κ3) is 6.77. The molecule has 44 heavy (non-hydrogen) atoms. The molecule has 2 aromatic carbocycles. The normalized spacial score (nSPS) is 18.4. The first kappa shape index (κ1) is 31.3. The zero-order chi connectivity index (χ0) is 31.2. The Balaban J connectivity index is 1.39. The average molecular weight is 663 g/mol. The average Bonchev–Trinajstić information content (AvgIpc) is 3.65. The molecule has 4 aromatic rings. The van der Waals surface area contributed by atoms with E-state index in [1.165, 1.54) is 42.8 Å². The van der Waals surface area contributed by atoms with Crippen LogP contribution in [-0.4, -0.2) is 25.3 Å². The van der Waals surface area contributed by atoms with Crippen LogP contribution in [0.15, 0.2) is 81.1 Å². The van der Waals surface area contributed by atoms with Gasteiger partial charge in [0, 0.05) is 40.6 Å². The number of hydrogen-bond donors (Lipinski definition) is 0. The Bertz CT molecular complexity index is 1930. The number of benzene rings is 2. The summed E-state index contributed by atoms with van der Waals surface area (Å²) in [5.74, 6) is -0.365. The molecule has 0 spiro atoms. The van der Waals surface area contributed by atoms with Crippen molar-refractivity contribution >= 4 is 66.5 Å². The second-order valence-electron chi connectivity index (χ2n) is 12.6. The van der Waals surface area contributed by atoms with Crippen LogP contribution in [0.25, 0.3) is 26.7 Å². The highest BCUT2D eigenvalue weighted by Crippen LogP contribution is 2.48. The quantitative estimate of drug-likeness (QED) is 0.139. The van der Waals surface area contributed by atoms with Crippen LogP contribution in [0.4, 0.5) is 5.69 Å². The minimum Gasteiger partial charge on any atom is -0.748 e. The highest BCUT2D eigenvalue weighted by molar-refractivity contribution is 8.03. The number of aryl methyl sites for hydroxylation is 3. The fourth-order valence-electron chi connectivity index (χ4n) is 6.23. The van der Waals surface area contributed by atoms with Crippen molar-refractivity contribution in [1.29, 1.82) is 0 Å². The first-order valence-electron chi connectivity index (χ1n) is 15.0. The minimum atomic E-state index is -4.28. The molecule has 0 saturated carbocycles. The maximum absolute atomic E-state index is 11.4. The molecule has 6 rings (SSSR count). The van der Waals surface area contributed by atoms with Crippen LogP contribution in [0.1, 0.15) is 56.2 Å². The van der Waals surface area contributed by atoms with Crippen molar-refractivity contribution in [3.63, 3.8) is 0 Å². The highest BCUT2D eigenvalue weighted by Gasteiger charge is 2.30. The largest absolute Gasteiger partial charge is 0.748 e. The molecule has 0 unspecified atom stereocenters. The van der Waals surface area contributed by atoms with Crippen molar-refractivity contribution in [2.45, 2.75) is 65.3 Å². The summed E-state index contributed by atoms with van der Waals surface area (Å²) < 4.78 is 37.7. The van der Waals surface area contributed by atoms with Crippen LogP contribution in [0, 0.1) is 19.3 Å². The van der Waals surface area contributed by atoms with Gasteiger partial charge in [-0.25, -0.2) is 8.42 Å². The van der Waals surface area contributed by atoms with Gasteiger partial charge in [0.25, 0.3) is 5.01 Å².